The van der Waals surface area contributed by atoms with Crippen molar-refractivity contribution in [3.63, 3.8) is 0 Å². The maximum Gasteiger partial charge on any atom is 0.191 e. The zero-order chi connectivity index (χ0) is 12.7. The van der Waals surface area contributed by atoms with E-state index in [4.69, 9.17) is 11.6 Å². The third-order valence-electron chi connectivity index (χ3n) is 2.93. The summed E-state index contributed by atoms with van der Waals surface area (Å²) in [6.45, 7) is 12.4. The minimum atomic E-state index is -0.191. The van der Waals surface area contributed by atoms with Gasteiger partial charge in [0.25, 0.3) is 0 Å². The zero-order valence-electron chi connectivity index (χ0n) is 11.1. The maximum absolute atomic E-state index is 12.2. The summed E-state index contributed by atoms with van der Waals surface area (Å²) in [5.74, 6) is 0.0327. The Kier molecular flexibility index (Phi) is 3.56. The molecule has 1 aliphatic rings. The van der Waals surface area contributed by atoms with Crippen molar-refractivity contribution >= 4 is 17.4 Å². The van der Waals surface area contributed by atoms with E-state index in [1.54, 1.807) is 0 Å². The molecule has 0 amide bonds. The van der Waals surface area contributed by atoms with Gasteiger partial charge in [-0.3, -0.25) is 4.79 Å². The van der Waals surface area contributed by atoms with Crippen LogP contribution in [0, 0.1) is 5.41 Å². The lowest BCUT2D eigenvalue weighted by Crippen LogP contribution is -2.56. The number of hydrogen-bond acceptors (Lipinski definition) is 2. The fourth-order valence-corrected chi connectivity index (χ4v) is 2.42. The molecule has 0 spiro atoms. The van der Waals surface area contributed by atoms with Gasteiger partial charge in [0.2, 0.25) is 0 Å². The number of halogens is 1. The molecule has 0 bridgehead atoms. The van der Waals surface area contributed by atoms with Gasteiger partial charge in [-0.15, -0.1) is 0 Å². The van der Waals surface area contributed by atoms with Crippen molar-refractivity contribution in [1.82, 2.24) is 5.32 Å². The van der Waals surface area contributed by atoms with E-state index in [9.17, 15) is 4.79 Å². The summed E-state index contributed by atoms with van der Waals surface area (Å²) >= 11 is 6.06. The number of hydrogen-bond donors (Lipinski definition) is 1. The van der Waals surface area contributed by atoms with Crippen molar-refractivity contribution in [2.75, 3.05) is 0 Å². The van der Waals surface area contributed by atoms with Gasteiger partial charge in [0, 0.05) is 5.54 Å². The number of carbonyl (C=O) groups excluding carboxylic acids is 1. The summed E-state index contributed by atoms with van der Waals surface area (Å²) in [4.78, 5) is 12.2. The Bertz CT molecular complexity index is 336. The fourth-order valence-electron chi connectivity index (χ4n) is 2.25. The maximum atomic E-state index is 12.2. The van der Waals surface area contributed by atoms with Crippen molar-refractivity contribution < 1.29 is 4.79 Å². The van der Waals surface area contributed by atoms with Gasteiger partial charge in [0.1, 0.15) is 0 Å². The molecule has 0 aromatic heterocycles. The van der Waals surface area contributed by atoms with E-state index in [-0.39, 0.29) is 22.8 Å². The molecule has 16 heavy (non-hydrogen) atoms. The minimum absolute atomic E-state index is 0.0327. The molecule has 1 N–H and O–H groups in total. The Labute approximate surface area is 103 Å². The van der Waals surface area contributed by atoms with E-state index in [1.165, 1.54) is 0 Å². The van der Waals surface area contributed by atoms with Crippen LogP contribution in [0.5, 0.6) is 0 Å². The molecule has 1 atom stereocenters. The highest BCUT2D eigenvalue weighted by Crippen LogP contribution is 2.38. The van der Waals surface area contributed by atoms with E-state index < -0.39 is 0 Å². The summed E-state index contributed by atoms with van der Waals surface area (Å²) in [5.41, 5.74) is 0.843. The van der Waals surface area contributed by atoms with E-state index in [1.807, 2.05) is 6.92 Å². The Hall–Kier alpha value is -0.340. The van der Waals surface area contributed by atoms with Gasteiger partial charge in [0.15, 0.2) is 5.78 Å². The van der Waals surface area contributed by atoms with Gasteiger partial charge in [0.05, 0.1) is 11.1 Å². The van der Waals surface area contributed by atoms with Crippen molar-refractivity contribution in [3.8, 4) is 0 Å². The summed E-state index contributed by atoms with van der Waals surface area (Å²) in [7, 11) is 0. The van der Waals surface area contributed by atoms with Crippen LogP contribution in [0.4, 0.5) is 0 Å². The molecule has 0 aromatic rings. The van der Waals surface area contributed by atoms with Crippen molar-refractivity contribution in [2.45, 2.75) is 59.5 Å². The van der Waals surface area contributed by atoms with E-state index in [0.29, 0.717) is 5.03 Å². The van der Waals surface area contributed by atoms with Gasteiger partial charge in [-0.2, -0.15) is 0 Å². The highest BCUT2D eigenvalue weighted by molar-refractivity contribution is 6.44. The SMILES string of the molecule is CC1=C(Cl)C(=O)C(NC(C)(C)C)C(C)(C)C1. The van der Waals surface area contributed by atoms with E-state index in [0.717, 1.165) is 12.0 Å². The van der Waals surface area contributed by atoms with Crippen LogP contribution < -0.4 is 5.32 Å². The number of carbonyl (C=O) groups is 1. The van der Waals surface area contributed by atoms with Crippen LogP contribution in [0.2, 0.25) is 0 Å². The predicted octanol–water partition coefficient (Wildman–Crippen LogP) is 3.25. The molecule has 0 aliphatic heterocycles. The lowest BCUT2D eigenvalue weighted by atomic mass is 9.72. The molecule has 92 valence electrons. The third kappa shape index (κ3) is 2.86. The Balaban J connectivity index is 3.04. The smallest absolute Gasteiger partial charge is 0.191 e. The quantitative estimate of drug-likeness (QED) is 0.766. The standard InChI is InChI=1S/C13H22ClNO/c1-8-7-13(5,6)11(10(16)9(8)14)15-12(2,3)4/h11,15H,7H2,1-6H3. The monoisotopic (exact) mass is 243 g/mol. The van der Waals surface area contributed by atoms with Crippen LogP contribution >= 0.6 is 11.6 Å². The van der Waals surface area contributed by atoms with E-state index in [2.05, 4.69) is 39.9 Å². The molecule has 1 aliphatic carbocycles. The van der Waals surface area contributed by atoms with Crippen LogP contribution in [0.25, 0.3) is 0 Å². The van der Waals surface area contributed by atoms with Crippen LogP contribution in [0.15, 0.2) is 10.6 Å². The molecule has 0 saturated carbocycles. The summed E-state index contributed by atoms with van der Waals surface area (Å²) in [6.07, 6.45) is 0.866. The largest absolute Gasteiger partial charge is 0.302 e. The lowest BCUT2D eigenvalue weighted by Gasteiger charge is -2.41. The first-order chi connectivity index (χ1) is 7.04. The molecule has 3 heteroatoms. The molecule has 0 aromatic carbocycles. The van der Waals surface area contributed by atoms with Crippen LogP contribution in [-0.2, 0) is 4.79 Å². The molecule has 2 nitrogen and oxygen atoms in total. The predicted molar refractivity (Wildman–Crippen MR) is 68.6 cm³/mol. The highest BCUT2D eigenvalue weighted by atomic mass is 35.5. The first-order valence-electron chi connectivity index (χ1n) is 5.72. The molecule has 1 rings (SSSR count). The Morgan fingerprint density at radius 1 is 1.38 bits per heavy atom. The zero-order valence-corrected chi connectivity index (χ0v) is 11.8. The lowest BCUT2D eigenvalue weighted by molar-refractivity contribution is -0.120. The molecule has 0 heterocycles. The molecule has 0 saturated heterocycles. The average molecular weight is 244 g/mol. The number of allylic oxidation sites excluding steroid dienone is 1. The minimum Gasteiger partial charge on any atom is -0.302 e. The second kappa shape index (κ2) is 4.15. The van der Waals surface area contributed by atoms with Gasteiger partial charge >= 0.3 is 0 Å². The van der Waals surface area contributed by atoms with Crippen molar-refractivity contribution in [1.29, 1.82) is 0 Å². The number of ketones is 1. The van der Waals surface area contributed by atoms with Gasteiger partial charge in [-0.1, -0.05) is 31.0 Å². The first-order valence-corrected chi connectivity index (χ1v) is 6.09. The third-order valence-corrected chi connectivity index (χ3v) is 3.44. The topological polar surface area (TPSA) is 29.1 Å². The summed E-state index contributed by atoms with van der Waals surface area (Å²) in [5, 5.41) is 3.80. The Morgan fingerprint density at radius 2 is 1.88 bits per heavy atom. The summed E-state index contributed by atoms with van der Waals surface area (Å²) < 4.78 is 0. The second-order valence-electron chi connectivity index (χ2n) is 6.45. The van der Waals surface area contributed by atoms with Crippen molar-refractivity contribution in [2.24, 2.45) is 5.41 Å². The number of rotatable bonds is 1. The molecule has 0 radical (unpaired) electrons. The van der Waals surface area contributed by atoms with Crippen LogP contribution in [0.3, 0.4) is 0 Å². The van der Waals surface area contributed by atoms with Crippen LogP contribution in [0.1, 0.15) is 48.0 Å². The molecular formula is C13H22ClNO. The molecular weight excluding hydrogens is 222 g/mol. The number of Topliss-reactive ketones (excluding diaryl/α,β-unsaturated/α-hetero) is 1. The fraction of sp³-hybridized carbons (Fsp3) is 0.769. The second-order valence-corrected chi connectivity index (χ2v) is 6.83. The van der Waals surface area contributed by atoms with E-state index >= 15 is 0 Å². The molecule has 0 fully saturated rings. The Morgan fingerprint density at radius 3 is 2.31 bits per heavy atom. The molecule has 1 unspecified atom stereocenters. The normalized spacial score (nSPS) is 26.2. The van der Waals surface area contributed by atoms with Gasteiger partial charge in [-0.25, -0.2) is 0 Å². The van der Waals surface area contributed by atoms with Crippen LogP contribution in [-0.4, -0.2) is 17.4 Å². The average Bonchev–Trinajstić information content (AvgIpc) is 2.07. The summed E-state index contributed by atoms with van der Waals surface area (Å²) in [6, 6.07) is -0.191. The highest BCUT2D eigenvalue weighted by Gasteiger charge is 2.42. The van der Waals surface area contributed by atoms with Crippen molar-refractivity contribution in [3.05, 3.63) is 10.6 Å². The van der Waals surface area contributed by atoms with Gasteiger partial charge < -0.3 is 5.32 Å². The van der Waals surface area contributed by atoms with Gasteiger partial charge in [-0.05, 0) is 39.5 Å². The first kappa shape index (κ1) is 13.7. The number of nitrogens with one attached hydrogen (secondary N) is 1.